The summed E-state index contributed by atoms with van der Waals surface area (Å²) in [5.41, 5.74) is 0. The Kier molecular flexibility index (Phi) is 182. The average molecular weight is 1850 g/mol. The van der Waals surface area contributed by atoms with Crippen molar-refractivity contribution >= 4 is 528 Å². The van der Waals surface area contributed by atoms with E-state index in [0.717, 1.165) is 0 Å². The van der Waals surface area contributed by atoms with Crippen LogP contribution in [0, 0.1) is 0 Å². The van der Waals surface area contributed by atoms with Crippen molar-refractivity contribution in [3.63, 3.8) is 0 Å². The van der Waals surface area contributed by atoms with E-state index in [0.29, 0.717) is 0 Å². The van der Waals surface area contributed by atoms with Gasteiger partial charge in [0.25, 0.3) is 0 Å². The molecule has 0 aromatic rings. The number of Topliss-reactive ketones (excluding diaryl/α,β-unsaturated/α-hetero) is 1. The van der Waals surface area contributed by atoms with Gasteiger partial charge in [-0.1, -0.05) is 522 Å². The van der Waals surface area contributed by atoms with Crippen LogP contribution in [0.1, 0.15) is 13.3 Å². The molecular weight excluding hydrogens is 1830 g/mol. The smallest absolute Gasteiger partial charge is 0.197 e. The highest BCUT2D eigenvalue weighted by atomic mass is 35.6. The highest BCUT2D eigenvalue weighted by Gasteiger charge is 2.21. The minimum absolute atomic E-state index is 0.0162. The third kappa shape index (κ3) is 1290. The number of halogens is 45. The van der Waals surface area contributed by atoms with Gasteiger partial charge in [0.2, 0.25) is 0 Å². The third-order valence-electron chi connectivity index (χ3n) is 0.449. The Morgan fingerprint density at radius 1 is 0.234 bits per heavy atom. The molecule has 0 aliphatic heterocycles. The number of alkyl halides is 45. The quantitative estimate of drug-likeness (QED) is 0.239. The van der Waals surface area contributed by atoms with E-state index < -0.39 is 63.9 Å². The van der Waals surface area contributed by atoms with Gasteiger partial charge in [-0.15, -0.1) is 0 Å². The molecule has 0 spiro atoms. The number of ketones is 1. The first-order valence-corrected chi connectivity index (χ1v) is 30.6. The van der Waals surface area contributed by atoms with E-state index in [1.54, 1.807) is 0 Å². The largest absolute Gasteiger partial charge is 0.300 e. The van der Waals surface area contributed by atoms with Crippen LogP contribution in [0.25, 0.3) is 0 Å². The van der Waals surface area contributed by atoms with Gasteiger partial charge < -0.3 is 0 Å². The Balaban J connectivity index is -0.0000000311. The zero-order valence-corrected chi connectivity index (χ0v) is 62.2. The third-order valence-corrected chi connectivity index (χ3v) is 0.850. The minimum atomic E-state index is -1.41. The second kappa shape index (κ2) is 101. The lowest BCUT2D eigenvalue weighted by molar-refractivity contribution is -0.116. The van der Waals surface area contributed by atoms with E-state index >= 15 is 0 Å². The van der Waals surface area contributed by atoms with Crippen LogP contribution in [0.15, 0.2) is 0 Å². The SMILES string of the molecule is CC(=O)CC(Cl)(Cl)Cl.ClC(Cl)Cl.ClC(Cl)Cl.ClC(Cl)Cl.ClC(Cl)Cl.ClC(Cl)Cl.ClC(Cl)Cl.ClC(Cl)Cl.ClC(Cl)Cl.ClC(Cl)Cl.ClC(Cl)Cl.ClC(Cl)Cl.ClC(Cl)Cl.ClC(Cl)Cl.ClC(Cl)Cl. The lowest BCUT2D eigenvalue weighted by Gasteiger charge is -2.05. The van der Waals surface area contributed by atoms with Crippen molar-refractivity contribution < 1.29 is 4.79 Å². The van der Waals surface area contributed by atoms with Crippen molar-refractivity contribution in [1.82, 2.24) is 0 Å². The second-order valence-corrected chi connectivity index (χ2v) is 35.2. The van der Waals surface area contributed by atoms with Gasteiger partial charge in [0, 0.05) is 0 Å². The monoisotopic (exact) mass is 1820 g/mol. The molecule has 0 N–H and O–H groups in total. The van der Waals surface area contributed by atoms with Crippen molar-refractivity contribution in [3.05, 3.63) is 0 Å². The van der Waals surface area contributed by atoms with Crippen molar-refractivity contribution in [1.29, 1.82) is 0 Å². The number of carbonyl (C=O) groups excluding carboxylic acids is 1. The molecule has 0 bridgehead atoms. The molecule has 0 aromatic carbocycles. The van der Waals surface area contributed by atoms with Crippen LogP contribution in [0.2, 0.25) is 0 Å². The fraction of sp³-hybridized carbons (Fsp3) is 0.944. The molecule has 46 heteroatoms. The molecule has 0 rings (SSSR count). The summed E-state index contributed by atoms with van der Waals surface area (Å²) >= 11 is 218. The lowest BCUT2D eigenvalue weighted by Crippen LogP contribution is -2.07. The van der Waals surface area contributed by atoms with Crippen molar-refractivity contribution in [2.75, 3.05) is 0 Å². The van der Waals surface area contributed by atoms with Gasteiger partial charge in [-0.2, -0.15) is 0 Å². The first-order valence-electron chi connectivity index (χ1n) is 11.1. The van der Waals surface area contributed by atoms with Crippen LogP contribution in [0.4, 0.5) is 0 Å². The van der Waals surface area contributed by atoms with Crippen molar-refractivity contribution in [3.8, 4) is 0 Å². The summed E-state index contributed by atoms with van der Waals surface area (Å²) in [5, 5.41) is 0. The van der Waals surface area contributed by atoms with Crippen LogP contribution >= 0.6 is 522 Å². The van der Waals surface area contributed by atoms with E-state index in [1.165, 1.54) is 6.92 Å². The topological polar surface area (TPSA) is 17.1 Å². The molecule has 0 saturated heterocycles. The van der Waals surface area contributed by atoms with Crippen LogP contribution in [-0.2, 0) is 4.79 Å². The first kappa shape index (κ1) is 115. The maximum atomic E-state index is 10.2. The number of hydrogen-bond acceptors (Lipinski definition) is 1. The summed E-state index contributed by atoms with van der Waals surface area (Å²) in [7, 11) is 0. The van der Waals surface area contributed by atoms with Crippen LogP contribution in [0.3, 0.4) is 0 Å². The van der Waals surface area contributed by atoms with E-state index in [2.05, 4.69) is 0 Å². The zero-order valence-electron chi connectivity index (χ0n) is 28.2. The lowest BCUT2D eigenvalue weighted by atomic mass is 10.3. The first-order chi connectivity index (χ1) is 27.7. The Hall–Kier alpha value is 12.7. The number of carbonyl (C=O) groups is 1. The predicted octanol–water partition coefficient (Wildman–Crippen LogP) is 30.1. The van der Waals surface area contributed by atoms with Gasteiger partial charge in [-0.3, -0.25) is 4.79 Å². The molecule has 0 fully saturated rings. The van der Waals surface area contributed by atoms with E-state index in [4.69, 9.17) is 522 Å². The second-order valence-electron chi connectivity index (χ2n) is 4.96. The van der Waals surface area contributed by atoms with Gasteiger partial charge in [-0.25, -0.2) is 0 Å². The highest BCUT2D eigenvalue weighted by molar-refractivity contribution is 6.69. The zero-order chi connectivity index (χ0) is 56.9. The Morgan fingerprint density at radius 3 is 0.281 bits per heavy atom. The molecule has 0 saturated carbocycles. The van der Waals surface area contributed by atoms with Crippen LogP contribution in [0.5, 0.6) is 0 Å². The molecular formula is C18H19Cl45O. The van der Waals surface area contributed by atoms with Crippen molar-refractivity contribution in [2.45, 2.75) is 77.3 Å². The molecule has 412 valence electrons. The van der Waals surface area contributed by atoms with E-state index in [9.17, 15) is 4.79 Å². The highest BCUT2D eigenvalue weighted by Crippen LogP contribution is 2.29. The maximum absolute atomic E-state index is 10.2. The standard InChI is InChI=1S/C4H5Cl3O.14CHCl3/c1-3(8)2-4(5,6)7;14*2-1(3)4/h2H2,1H3;14*1H. The summed E-state index contributed by atoms with van der Waals surface area (Å²) in [6.45, 7) is 1.38. The van der Waals surface area contributed by atoms with Gasteiger partial charge in [0.05, 0.1) is 6.42 Å². The van der Waals surface area contributed by atoms with Gasteiger partial charge in [0.15, 0.2) is 63.9 Å². The van der Waals surface area contributed by atoms with Crippen molar-refractivity contribution in [2.24, 2.45) is 0 Å². The van der Waals surface area contributed by atoms with Crippen LogP contribution in [-0.4, -0.2) is 69.7 Å². The van der Waals surface area contributed by atoms with Gasteiger partial charge in [0.1, 0.15) is 5.78 Å². The number of rotatable bonds is 1. The normalized spacial score (nSPS) is 9.31. The fourth-order valence-corrected chi connectivity index (χ4v) is 0.847. The maximum Gasteiger partial charge on any atom is 0.197 e. The minimum Gasteiger partial charge on any atom is -0.300 e. The molecule has 0 heterocycles. The van der Waals surface area contributed by atoms with E-state index in [1.807, 2.05) is 0 Å². The Labute approximate surface area is 599 Å². The molecule has 0 radical (unpaired) electrons. The fourth-order valence-electron chi connectivity index (χ4n) is 0.282. The molecule has 64 heavy (non-hydrogen) atoms. The van der Waals surface area contributed by atoms with Crippen LogP contribution < -0.4 is 0 Å². The predicted molar refractivity (Wildman–Crippen MR) is 334 cm³/mol. The Morgan fingerprint density at radius 2 is 0.281 bits per heavy atom. The summed E-state index contributed by atoms with van der Waals surface area (Å²) < 4.78 is -11.9. The summed E-state index contributed by atoms with van der Waals surface area (Å²) in [6.07, 6.45) is -0.0162. The molecule has 0 aliphatic rings. The molecule has 0 aromatic heterocycles. The number of hydrogen-bond donors (Lipinski definition) is 0. The molecule has 0 atom stereocenters. The molecule has 0 amide bonds. The van der Waals surface area contributed by atoms with Gasteiger partial charge >= 0.3 is 0 Å². The summed E-state index contributed by atoms with van der Waals surface area (Å²) in [5.74, 6) is -0.120. The molecule has 0 aliphatic carbocycles. The average Bonchev–Trinajstić information content (AvgIpc) is 2.82. The molecule has 1 nitrogen and oxygen atoms in total. The molecule has 0 unspecified atom stereocenters. The van der Waals surface area contributed by atoms with Gasteiger partial charge in [-0.05, 0) is 6.92 Å². The van der Waals surface area contributed by atoms with E-state index in [-0.39, 0.29) is 12.2 Å². The summed E-state index contributed by atoms with van der Waals surface area (Å²) in [4.78, 5) is 10.2. The summed E-state index contributed by atoms with van der Waals surface area (Å²) in [6, 6.07) is 0. The Bertz CT molecular complexity index is 458.